The molecule has 134 valence electrons. The highest BCUT2D eigenvalue weighted by atomic mass is 32.2. The predicted octanol–water partition coefficient (Wildman–Crippen LogP) is 2.94. The maximum absolute atomic E-state index is 11.5. The lowest BCUT2D eigenvalue weighted by atomic mass is 10.0. The second-order valence-electron chi connectivity index (χ2n) is 7.27. The van der Waals surface area contributed by atoms with E-state index in [-0.39, 0.29) is 0 Å². The average Bonchev–Trinajstić information content (AvgIpc) is 2.75. The van der Waals surface area contributed by atoms with Gasteiger partial charge in [-0.3, -0.25) is 0 Å². The second kappa shape index (κ2) is 6.93. The molecule has 0 radical (unpaired) electrons. The molecule has 2 aromatic rings. The molecule has 24 heavy (non-hydrogen) atoms. The van der Waals surface area contributed by atoms with E-state index in [0.717, 1.165) is 22.5 Å². The fraction of sp³-hybridized carbons (Fsp3) is 0.625. The van der Waals surface area contributed by atoms with Gasteiger partial charge in [-0.2, -0.15) is 0 Å². The van der Waals surface area contributed by atoms with Crippen LogP contribution in [0.15, 0.2) is 5.38 Å². The summed E-state index contributed by atoms with van der Waals surface area (Å²) in [7, 11) is -3.27. The first kappa shape index (κ1) is 19.1. The lowest BCUT2D eigenvalue weighted by Gasteiger charge is -2.26. The Balaban J connectivity index is 2.32. The number of anilines is 1. The molecule has 0 saturated heterocycles. The summed E-state index contributed by atoms with van der Waals surface area (Å²) in [6.45, 7) is 10.4. The number of sulfonamides is 1. The Morgan fingerprint density at radius 1 is 1.29 bits per heavy atom. The van der Waals surface area contributed by atoms with Crippen molar-refractivity contribution in [3.8, 4) is 0 Å². The molecule has 6 nitrogen and oxygen atoms in total. The molecular weight excluding hydrogens is 344 g/mol. The summed E-state index contributed by atoms with van der Waals surface area (Å²) < 4.78 is 25.6. The van der Waals surface area contributed by atoms with Crippen molar-refractivity contribution >= 4 is 37.4 Å². The number of hydrogen-bond acceptors (Lipinski definition) is 6. The van der Waals surface area contributed by atoms with E-state index in [4.69, 9.17) is 0 Å². The number of fused-ring (bicyclic) bond motifs is 1. The van der Waals surface area contributed by atoms with E-state index in [1.807, 2.05) is 20.8 Å². The van der Waals surface area contributed by atoms with Crippen LogP contribution >= 0.6 is 11.3 Å². The van der Waals surface area contributed by atoms with Gasteiger partial charge in [-0.15, -0.1) is 11.3 Å². The number of hydrogen-bond donors (Lipinski definition) is 2. The number of nitrogens with one attached hydrogen (secondary N) is 2. The number of thiophene rings is 1. The van der Waals surface area contributed by atoms with Crippen LogP contribution in [0.4, 0.5) is 5.82 Å². The summed E-state index contributed by atoms with van der Waals surface area (Å²) >= 11 is 1.63. The topological polar surface area (TPSA) is 84.0 Å². The first-order valence-electron chi connectivity index (χ1n) is 7.94. The molecule has 2 aromatic heterocycles. The van der Waals surface area contributed by atoms with Crippen molar-refractivity contribution in [3.05, 3.63) is 16.8 Å². The molecule has 0 unspecified atom stereocenters. The zero-order chi connectivity index (χ0) is 18.1. The molecular formula is C16H26N4O2S2. The minimum Gasteiger partial charge on any atom is -0.368 e. The molecule has 2 N–H and O–H groups in total. The van der Waals surface area contributed by atoms with E-state index in [1.165, 1.54) is 11.8 Å². The summed E-state index contributed by atoms with van der Waals surface area (Å²) in [4.78, 5) is 10.0. The van der Waals surface area contributed by atoms with Gasteiger partial charge in [0.05, 0.1) is 11.6 Å². The third-order valence-corrected chi connectivity index (χ3v) is 5.25. The SMILES string of the molecule is Cc1nc(NCC(C)(C)NS(C)(=O)=O)c2c(CC(C)C)csc2n1. The summed E-state index contributed by atoms with van der Waals surface area (Å²) in [5.41, 5.74) is 0.619. The summed E-state index contributed by atoms with van der Waals surface area (Å²) in [6, 6.07) is 0. The molecule has 0 spiro atoms. The summed E-state index contributed by atoms with van der Waals surface area (Å²) in [6.07, 6.45) is 2.13. The number of nitrogens with zero attached hydrogens (tertiary/aromatic N) is 2. The van der Waals surface area contributed by atoms with Gasteiger partial charge in [0, 0.05) is 12.1 Å². The van der Waals surface area contributed by atoms with Crippen molar-refractivity contribution in [2.24, 2.45) is 5.92 Å². The lowest BCUT2D eigenvalue weighted by Crippen LogP contribution is -2.47. The van der Waals surface area contributed by atoms with Gasteiger partial charge >= 0.3 is 0 Å². The number of rotatable bonds is 7. The van der Waals surface area contributed by atoms with E-state index in [2.05, 4.69) is 39.2 Å². The van der Waals surface area contributed by atoms with Gasteiger partial charge in [0.15, 0.2) is 0 Å². The average molecular weight is 371 g/mol. The fourth-order valence-electron chi connectivity index (χ4n) is 2.67. The van der Waals surface area contributed by atoms with Crippen molar-refractivity contribution in [1.29, 1.82) is 0 Å². The Hall–Kier alpha value is -1.25. The third kappa shape index (κ3) is 5.12. The van der Waals surface area contributed by atoms with Gasteiger partial charge in [-0.25, -0.2) is 23.1 Å². The lowest BCUT2D eigenvalue weighted by molar-refractivity contribution is 0.476. The highest BCUT2D eigenvalue weighted by Crippen LogP contribution is 2.31. The molecule has 0 aliphatic carbocycles. The van der Waals surface area contributed by atoms with E-state index >= 15 is 0 Å². The normalized spacial score (nSPS) is 13.0. The molecule has 0 aromatic carbocycles. The summed E-state index contributed by atoms with van der Waals surface area (Å²) in [5.74, 6) is 2.02. The van der Waals surface area contributed by atoms with Crippen LogP contribution in [-0.4, -0.2) is 36.7 Å². The van der Waals surface area contributed by atoms with E-state index in [1.54, 1.807) is 11.3 Å². The minimum absolute atomic E-state index is 0.433. The van der Waals surface area contributed by atoms with Crippen LogP contribution in [0, 0.1) is 12.8 Å². The predicted molar refractivity (Wildman–Crippen MR) is 101 cm³/mol. The molecule has 0 aliphatic heterocycles. The molecule has 0 bridgehead atoms. The highest BCUT2D eigenvalue weighted by Gasteiger charge is 2.23. The maximum atomic E-state index is 11.5. The van der Waals surface area contributed by atoms with Crippen LogP contribution in [-0.2, 0) is 16.4 Å². The Morgan fingerprint density at radius 3 is 2.54 bits per heavy atom. The Labute approximate surface area is 148 Å². The van der Waals surface area contributed by atoms with Crippen molar-refractivity contribution < 1.29 is 8.42 Å². The van der Waals surface area contributed by atoms with Gasteiger partial charge in [0.25, 0.3) is 0 Å². The van der Waals surface area contributed by atoms with Crippen LogP contribution < -0.4 is 10.0 Å². The number of aryl methyl sites for hydroxylation is 1. The van der Waals surface area contributed by atoms with E-state index in [0.29, 0.717) is 18.3 Å². The molecule has 8 heteroatoms. The molecule has 0 atom stereocenters. The molecule has 0 amide bonds. The smallest absolute Gasteiger partial charge is 0.209 e. The van der Waals surface area contributed by atoms with E-state index < -0.39 is 15.6 Å². The van der Waals surface area contributed by atoms with Gasteiger partial charge < -0.3 is 5.32 Å². The molecule has 2 heterocycles. The number of aromatic nitrogens is 2. The Bertz CT molecular complexity index is 826. The van der Waals surface area contributed by atoms with Crippen molar-refractivity contribution in [2.45, 2.75) is 46.6 Å². The zero-order valence-corrected chi connectivity index (χ0v) is 16.7. The largest absolute Gasteiger partial charge is 0.368 e. The van der Waals surface area contributed by atoms with Gasteiger partial charge in [0.2, 0.25) is 10.0 Å². The van der Waals surface area contributed by atoms with Gasteiger partial charge in [0.1, 0.15) is 16.5 Å². The highest BCUT2D eigenvalue weighted by molar-refractivity contribution is 7.88. The van der Waals surface area contributed by atoms with Crippen LogP contribution in [0.25, 0.3) is 10.2 Å². The molecule has 0 aliphatic rings. The standard InChI is InChI=1S/C16H26N4O2S2/c1-10(2)7-12-8-23-15-13(12)14(18-11(3)19-15)17-9-16(4,5)20-24(6,21)22/h8,10,20H,7,9H2,1-6H3,(H,17,18,19). The fourth-order valence-corrected chi connectivity index (χ4v) is 4.74. The molecule has 2 rings (SSSR count). The monoisotopic (exact) mass is 370 g/mol. The minimum atomic E-state index is -3.27. The van der Waals surface area contributed by atoms with Gasteiger partial charge in [-0.1, -0.05) is 13.8 Å². The zero-order valence-electron chi connectivity index (χ0n) is 15.1. The summed E-state index contributed by atoms with van der Waals surface area (Å²) in [5, 5.41) is 6.51. The Morgan fingerprint density at radius 2 is 1.96 bits per heavy atom. The quantitative estimate of drug-likeness (QED) is 0.783. The van der Waals surface area contributed by atoms with Crippen LogP contribution in [0.5, 0.6) is 0 Å². The molecule has 0 saturated carbocycles. The third-order valence-electron chi connectivity index (χ3n) is 3.41. The van der Waals surface area contributed by atoms with E-state index in [9.17, 15) is 8.42 Å². The molecule has 0 fully saturated rings. The second-order valence-corrected chi connectivity index (χ2v) is 9.88. The van der Waals surface area contributed by atoms with Gasteiger partial charge in [-0.05, 0) is 44.1 Å². The van der Waals surface area contributed by atoms with Crippen LogP contribution in [0.2, 0.25) is 0 Å². The Kier molecular flexibility index (Phi) is 5.51. The van der Waals surface area contributed by atoms with Crippen molar-refractivity contribution in [2.75, 3.05) is 18.1 Å². The first-order valence-corrected chi connectivity index (χ1v) is 10.7. The first-order chi connectivity index (χ1) is 11.0. The van der Waals surface area contributed by atoms with Crippen LogP contribution in [0.1, 0.15) is 39.1 Å². The van der Waals surface area contributed by atoms with Crippen molar-refractivity contribution in [3.63, 3.8) is 0 Å². The van der Waals surface area contributed by atoms with Crippen LogP contribution in [0.3, 0.4) is 0 Å². The van der Waals surface area contributed by atoms with Crippen molar-refractivity contribution in [1.82, 2.24) is 14.7 Å². The maximum Gasteiger partial charge on any atom is 0.209 e.